The summed E-state index contributed by atoms with van der Waals surface area (Å²) in [4.78, 5) is 31.5. The first-order chi connectivity index (χ1) is 13.7. The van der Waals surface area contributed by atoms with Gasteiger partial charge in [-0.2, -0.15) is 5.26 Å². The van der Waals surface area contributed by atoms with Crippen molar-refractivity contribution < 1.29 is 14.0 Å². The number of nitrogens with zero attached hydrogens (tertiary/aromatic N) is 3. The summed E-state index contributed by atoms with van der Waals surface area (Å²) in [6, 6.07) is 11.6. The van der Waals surface area contributed by atoms with Crippen LogP contribution >= 0.6 is 23.1 Å². The van der Waals surface area contributed by atoms with E-state index in [1.54, 1.807) is 48.0 Å². The number of nitriles is 1. The number of thiazole rings is 1. The van der Waals surface area contributed by atoms with Crippen LogP contribution in [0.15, 0.2) is 52.5 Å². The van der Waals surface area contributed by atoms with E-state index in [1.165, 1.54) is 28.0 Å². The van der Waals surface area contributed by atoms with Crippen LogP contribution in [0, 0.1) is 11.3 Å². The fraction of sp³-hybridized carbons (Fsp3) is 0.158. The van der Waals surface area contributed by atoms with Crippen molar-refractivity contribution in [1.29, 1.82) is 5.26 Å². The second-order valence-electron chi connectivity index (χ2n) is 5.98. The van der Waals surface area contributed by atoms with Gasteiger partial charge in [0.15, 0.2) is 10.8 Å². The molecule has 2 aromatic heterocycles. The molecule has 1 aliphatic heterocycles. The second kappa shape index (κ2) is 7.88. The minimum absolute atomic E-state index is 0.260. The molecule has 2 amide bonds. The van der Waals surface area contributed by atoms with Crippen LogP contribution in [0.1, 0.15) is 16.1 Å². The molecule has 1 fully saturated rings. The van der Waals surface area contributed by atoms with E-state index in [0.29, 0.717) is 39.3 Å². The smallest absolute Gasteiger partial charge is 0.274 e. The predicted molar refractivity (Wildman–Crippen MR) is 107 cm³/mol. The van der Waals surface area contributed by atoms with Crippen LogP contribution in [-0.4, -0.2) is 39.4 Å². The third-order valence-electron chi connectivity index (χ3n) is 4.18. The number of amides is 2. The number of thioether (sulfide) groups is 1. The van der Waals surface area contributed by atoms with Crippen molar-refractivity contribution in [3.63, 3.8) is 0 Å². The average molecular weight is 410 g/mol. The van der Waals surface area contributed by atoms with Crippen molar-refractivity contribution in [3.05, 3.63) is 59.3 Å². The van der Waals surface area contributed by atoms with Crippen LogP contribution in [0.5, 0.6) is 0 Å². The van der Waals surface area contributed by atoms with E-state index in [2.05, 4.69) is 10.3 Å². The number of nitrogens with one attached hydrogen (secondary N) is 1. The van der Waals surface area contributed by atoms with E-state index in [9.17, 15) is 9.59 Å². The number of rotatable bonds is 4. The van der Waals surface area contributed by atoms with Crippen molar-refractivity contribution in [2.24, 2.45) is 0 Å². The number of benzene rings is 1. The Balaban J connectivity index is 1.47. The maximum atomic E-state index is 12.9. The molecule has 3 aromatic rings. The number of carbonyl (C=O) groups excluding carboxylic acids is 2. The highest BCUT2D eigenvalue weighted by Gasteiger charge is 2.36. The highest BCUT2D eigenvalue weighted by Crippen LogP contribution is 2.28. The van der Waals surface area contributed by atoms with E-state index in [4.69, 9.17) is 9.68 Å². The molecule has 1 atom stereocenters. The third-order valence-corrected chi connectivity index (χ3v) is 6.05. The van der Waals surface area contributed by atoms with Crippen molar-refractivity contribution in [1.82, 2.24) is 9.88 Å². The summed E-state index contributed by atoms with van der Waals surface area (Å²) in [7, 11) is 0. The van der Waals surface area contributed by atoms with E-state index in [1.807, 2.05) is 6.07 Å². The van der Waals surface area contributed by atoms with Crippen molar-refractivity contribution >= 4 is 40.6 Å². The molecule has 1 N–H and O–H groups in total. The van der Waals surface area contributed by atoms with Gasteiger partial charge in [-0.05, 0) is 36.4 Å². The first-order valence-corrected chi connectivity index (χ1v) is 10.4. The number of aromatic nitrogens is 1. The molecular formula is C19H14N4O3S2. The average Bonchev–Trinajstić information content (AvgIpc) is 3.49. The summed E-state index contributed by atoms with van der Waals surface area (Å²) < 4.78 is 5.32. The van der Waals surface area contributed by atoms with Gasteiger partial charge in [-0.15, -0.1) is 23.1 Å². The first kappa shape index (κ1) is 18.3. The van der Waals surface area contributed by atoms with Crippen LogP contribution in [0.4, 0.5) is 5.69 Å². The van der Waals surface area contributed by atoms with Crippen molar-refractivity contribution in [2.45, 2.75) is 6.04 Å². The number of carbonyl (C=O) groups is 2. The topological polar surface area (TPSA) is 99.2 Å². The van der Waals surface area contributed by atoms with Gasteiger partial charge in [0, 0.05) is 16.8 Å². The lowest BCUT2D eigenvalue weighted by Gasteiger charge is -2.22. The molecule has 9 heteroatoms. The normalized spacial score (nSPS) is 16.0. The molecule has 0 spiro atoms. The molecular weight excluding hydrogens is 396 g/mol. The standard InChI is InChI=1S/C19H14N4O3S2/c20-8-12-3-5-13(6-4-12)21-17(24)15-10-27-11-23(15)19(25)14-9-28-18(22-14)16-2-1-7-26-16/h1-7,9,15H,10-11H2,(H,21,24)/t15-/m1/s1. The number of furan rings is 1. The van der Waals surface area contributed by atoms with Crippen LogP contribution in [0.3, 0.4) is 0 Å². The highest BCUT2D eigenvalue weighted by atomic mass is 32.2. The summed E-state index contributed by atoms with van der Waals surface area (Å²) in [5, 5.41) is 14.0. The zero-order valence-corrected chi connectivity index (χ0v) is 16.1. The Kier molecular flexibility index (Phi) is 5.14. The molecule has 7 nitrogen and oxygen atoms in total. The molecule has 28 heavy (non-hydrogen) atoms. The Labute approximate surface area is 169 Å². The highest BCUT2D eigenvalue weighted by molar-refractivity contribution is 7.99. The molecule has 0 aliphatic carbocycles. The Morgan fingerprint density at radius 1 is 1.29 bits per heavy atom. The van der Waals surface area contributed by atoms with Gasteiger partial charge in [-0.25, -0.2) is 4.98 Å². The summed E-state index contributed by atoms with van der Waals surface area (Å²) in [5.74, 6) is 1.01. The van der Waals surface area contributed by atoms with Crippen molar-refractivity contribution in [3.8, 4) is 16.8 Å². The fourth-order valence-electron chi connectivity index (χ4n) is 2.75. The maximum absolute atomic E-state index is 12.9. The Morgan fingerprint density at radius 3 is 2.82 bits per heavy atom. The summed E-state index contributed by atoms with van der Waals surface area (Å²) in [6.07, 6.45) is 1.55. The van der Waals surface area contributed by atoms with Crippen LogP contribution in [0.25, 0.3) is 10.8 Å². The van der Waals surface area contributed by atoms with Gasteiger partial charge in [0.2, 0.25) is 5.91 Å². The Hall–Kier alpha value is -3.09. The van der Waals surface area contributed by atoms with Crippen LogP contribution in [0.2, 0.25) is 0 Å². The lowest BCUT2D eigenvalue weighted by molar-refractivity contribution is -0.119. The summed E-state index contributed by atoms with van der Waals surface area (Å²) >= 11 is 2.85. The van der Waals surface area contributed by atoms with Gasteiger partial charge in [-0.1, -0.05) is 0 Å². The van der Waals surface area contributed by atoms with Gasteiger partial charge >= 0.3 is 0 Å². The predicted octanol–water partition coefficient (Wildman–Crippen LogP) is 3.43. The van der Waals surface area contributed by atoms with Crippen LogP contribution in [-0.2, 0) is 4.79 Å². The SMILES string of the molecule is N#Cc1ccc(NC(=O)[C@H]2CSCN2C(=O)c2csc(-c3ccco3)n2)cc1. The molecule has 140 valence electrons. The van der Waals surface area contributed by atoms with Gasteiger partial charge < -0.3 is 14.6 Å². The minimum atomic E-state index is -0.582. The fourth-order valence-corrected chi connectivity index (χ4v) is 4.66. The first-order valence-electron chi connectivity index (χ1n) is 8.35. The van der Waals surface area contributed by atoms with E-state index >= 15 is 0 Å². The van der Waals surface area contributed by atoms with E-state index in [-0.39, 0.29) is 11.8 Å². The molecule has 3 heterocycles. The molecule has 0 bridgehead atoms. The summed E-state index contributed by atoms with van der Waals surface area (Å²) in [6.45, 7) is 0. The minimum Gasteiger partial charge on any atom is -0.462 e. The lowest BCUT2D eigenvalue weighted by atomic mass is 10.2. The molecule has 1 aromatic carbocycles. The molecule has 1 aliphatic rings. The zero-order chi connectivity index (χ0) is 19.5. The molecule has 4 rings (SSSR count). The Morgan fingerprint density at radius 2 is 2.11 bits per heavy atom. The number of anilines is 1. The molecule has 0 radical (unpaired) electrons. The van der Waals surface area contributed by atoms with Crippen molar-refractivity contribution in [2.75, 3.05) is 16.9 Å². The van der Waals surface area contributed by atoms with Gasteiger partial charge in [0.05, 0.1) is 23.8 Å². The summed E-state index contributed by atoms with van der Waals surface area (Å²) in [5.41, 5.74) is 1.40. The quantitative estimate of drug-likeness (QED) is 0.707. The van der Waals surface area contributed by atoms with Gasteiger partial charge in [0.25, 0.3) is 5.91 Å². The molecule has 1 saturated heterocycles. The number of hydrogen-bond donors (Lipinski definition) is 1. The zero-order valence-electron chi connectivity index (χ0n) is 14.5. The molecule has 0 saturated carbocycles. The van der Waals surface area contributed by atoms with Crippen LogP contribution < -0.4 is 5.32 Å². The number of hydrogen-bond acceptors (Lipinski definition) is 7. The van der Waals surface area contributed by atoms with Gasteiger partial charge in [0.1, 0.15) is 11.7 Å². The largest absolute Gasteiger partial charge is 0.462 e. The third kappa shape index (κ3) is 3.65. The Bertz CT molecular complexity index is 1040. The van der Waals surface area contributed by atoms with Gasteiger partial charge in [-0.3, -0.25) is 9.59 Å². The monoisotopic (exact) mass is 410 g/mol. The lowest BCUT2D eigenvalue weighted by Crippen LogP contribution is -2.44. The maximum Gasteiger partial charge on any atom is 0.274 e. The van der Waals surface area contributed by atoms with E-state index < -0.39 is 6.04 Å². The second-order valence-corrected chi connectivity index (χ2v) is 7.84. The molecule has 0 unspecified atom stereocenters. The van der Waals surface area contributed by atoms with E-state index in [0.717, 1.165) is 0 Å².